The smallest absolute Gasteiger partial charge is 0.257 e. The van der Waals surface area contributed by atoms with Gasteiger partial charge in [-0.05, 0) is 92.5 Å². The minimum Gasteiger partial charge on any atom is -0.369 e. The number of carbonyl (C=O) groups excluding carboxylic acids is 2. The average molecular weight is 597 g/mol. The van der Waals surface area contributed by atoms with Crippen molar-refractivity contribution in [3.63, 3.8) is 0 Å². The molecule has 4 unspecified atom stereocenters. The Kier molecular flexibility index (Phi) is 7.41. The molecule has 8 heteroatoms. The Hall–Kier alpha value is -3.78. The van der Waals surface area contributed by atoms with Crippen LogP contribution in [0.3, 0.4) is 0 Å². The highest BCUT2D eigenvalue weighted by molar-refractivity contribution is 7.16. The summed E-state index contributed by atoms with van der Waals surface area (Å²) in [6, 6.07) is 19.3. The molecule has 43 heavy (non-hydrogen) atoms. The van der Waals surface area contributed by atoms with Gasteiger partial charge in [0.15, 0.2) is 0 Å². The number of fused-ring (bicyclic) bond motifs is 2. The van der Waals surface area contributed by atoms with E-state index in [4.69, 9.17) is 5.73 Å². The third kappa shape index (κ3) is 4.99. The van der Waals surface area contributed by atoms with E-state index in [2.05, 4.69) is 40.2 Å². The molecule has 2 N–H and O–H groups in total. The number of carbonyl (C=O) groups is 2. The Morgan fingerprint density at radius 2 is 1.74 bits per heavy atom. The number of aromatic nitrogens is 1. The van der Waals surface area contributed by atoms with Gasteiger partial charge in [-0.25, -0.2) is 9.37 Å². The van der Waals surface area contributed by atoms with Gasteiger partial charge in [-0.3, -0.25) is 9.59 Å². The predicted octanol–water partition coefficient (Wildman–Crippen LogP) is 7.68. The summed E-state index contributed by atoms with van der Waals surface area (Å²) in [5, 5.41) is 0. The molecule has 7 rings (SSSR count). The Balaban J connectivity index is 1.29. The maximum Gasteiger partial charge on any atom is 0.257 e. The number of rotatable bonds is 6. The first-order valence-corrected chi connectivity index (χ1v) is 16.4. The first-order chi connectivity index (χ1) is 20.9. The molecule has 3 aliphatic rings. The highest BCUT2D eigenvalue weighted by atomic mass is 32.1. The van der Waals surface area contributed by atoms with E-state index in [-0.39, 0.29) is 23.4 Å². The lowest BCUT2D eigenvalue weighted by Gasteiger charge is -2.48. The van der Waals surface area contributed by atoms with E-state index in [1.165, 1.54) is 18.9 Å². The number of hydrogen-bond donors (Lipinski definition) is 1. The molecule has 2 heterocycles. The number of benzene rings is 3. The van der Waals surface area contributed by atoms with Crippen molar-refractivity contribution >= 4 is 44.7 Å². The number of halogens is 1. The van der Waals surface area contributed by atoms with E-state index >= 15 is 4.39 Å². The number of piperidine rings is 1. The molecule has 0 spiro atoms. The molecule has 1 aromatic heterocycles. The molecule has 1 aliphatic heterocycles. The number of thiazole rings is 1. The second-order valence-corrected chi connectivity index (χ2v) is 13.4. The van der Waals surface area contributed by atoms with E-state index < -0.39 is 23.7 Å². The van der Waals surface area contributed by atoms with Crippen LogP contribution in [0.2, 0.25) is 0 Å². The fourth-order valence-electron chi connectivity index (χ4n) is 8.05. The zero-order valence-corrected chi connectivity index (χ0v) is 25.2. The number of primary amides is 1. The van der Waals surface area contributed by atoms with Gasteiger partial charge in [0.25, 0.3) is 5.91 Å². The zero-order chi connectivity index (χ0) is 29.7. The van der Waals surface area contributed by atoms with Gasteiger partial charge in [-0.2, -0.15) is 0 Å². The van der Waals surface area contributed by atoms with E-state index in [0.29, 0.717) is 18.0 Å². The van der Waals surface area contributed by atoms with Gasteiger partial charge in [0, 0.05) is 23.5 Å². The maximum absolute atomic E-state index is 15.2. The molecule has 4 atom stereocenters. The van der Waals surface area contributed by atoms with Gasteiger partial charge in [0.05, 0.1) is 33.3 Å². The lowest BCUT2D eigenvalue weighted by atomic mass is 9.76. The van der Waals surface area contributed by atoms with Gasteiger partial charge < -0.3 is 15.5 Å². The predicted molar refractivity (Wildman–Crippen MR) is 169 cm³/mol. The van der Waals surface area contributed by atoms with Crippen LogP contribution >= 0.6 is 11.3 Å². The van der Waals surface area contributed by atoms with Crippen LogP contribution in [0.25, 0.3) is 10.2 Å². The summed E-state index contributed by atoms with van der Waals surface area (Å²) >= 11 is 1.65. The molecular formula is C35H37FN4O2S. The van der Waals surface area contributed by atoms with Crippen LogP contribution in [0.1, 0.15) is 78.9 Å². The van der Waals surface area contributed by atoms with Gasteiger partial charge >= 0.3 is 0 Å². The normalized spacial score (nSPS) is 23.9. The number of nitrogens with zero attached hydrogens (tertiary/aromatic N) is 3. The zero-order valence-electron chi connectivity index (χ0n) is 24.4. The van der Waals surface area contributed by atoms with Crippen LogP contribution < -0.4 is 10.6 Å². The number of hydrogen-bond acceptors (Lipinski definition) is 5. The minimum atomic E-state index is -0.550. The fourth-order valence-corrected chi connectivity index (χ4v) is 8.76. The van der Waals surface area contributed by atoms with Crippen LogP contribution in [-0.4, -0.2) is 33.8 Å². The Bertz CT molecular complexity index is 1640. The van der Waals surface area contributed by atoms with E-state index in [1.807, 2.05) is 22.5 Å². The highest BCUT2D eigenvalue weighted by Crippen LogP contribution is 2.49. The Labute approximate surface area is 255 Å². The summed E-state index contributed by atoms with van der Waals surface area (Å²) in [6.07, 6.45) is 8.09. The first-order valence-electron chi connectivity index (χ1n) is 15.5. The van der Waals surface area contributed by atoms with E-state index in [1.54, 1.807) is 30.4 Å². The molecule has 2 saturated carbocycles. The molecule has 3 aromatic carbocycles. The Morgan fingerprint density at radius 1 is 0.977 bits per heavy atom. The molecule has 0 bridgehead atoms. The largest absolute Gasteiger partial charge is 0.369 e. The summed E-state index contributed by atoms with van der Waals surface area (Å²) in [4.78, 5) is 36.0. The van der Waals surface area contributed by atoms with Gasteiger partial charge in [0.2, 0.25) is 5.91 Å². The summed E-state index contributed by atoms with van der Waals surface area (Å²) < 4.78 is 16.3. The third-order valence-electron chi connectivity index (χ3n) is 10.0. The number of likely N-dealkylation sites (tertiary alicyclic amines) is 1. The van der Waals surface area contributed by atoms with Crippen molar-refractivity contribution in [2.75, 3.05) is 4.90 Å². The lowest BCUT2D eigenvalue weighted by Crippen LogP contribution is -2.54. The number of amides is 2. The van der Waals surface area contributed by atoms with Crippen molar-refractivity contribution in [3.05, 3.63) is 88.7 Å². The average Bonchev–Trinajstić information content (AvgIpc) is 3.79. The summed E-state index contributed by atoms with van der Waals surface area (Å²) in [7, 11) is 0. The second-order valence-electron chi connectivity index (χ2n) is 12.5. The molecule has 1 saturated heterocycles. The topological polar surface area (TPSA) is 79.5 Å². The number of nitrogens with two attached hydrogens (primary N) is 1. The van der Waals surface area contributed by atoms with Crippen molar-refractivity contribution in [1.82, 2.24) is 9.88 Å². The molecule has 2 amide bonds. The van der Waals surface area contributed by atoms with Crippen LogP contribution in [0.15, 0.2) is 66.2 Å². The number of aryl methyl sites for hydroxylation is 1. The molecule has 0 radical (unpaired) electrons. The summed E-state index contributed by atoms with van der Waals surface area (Å²) in [5.41, 5.74) is 12.7. The lowest BCUT2D eigenvalue weighted by molar-refractivity contribution is -0.127. The SMILES string of the molecule is Cc1cccc(F)c1C(=O)N1C2CCCC2CC(C(N)=O)C1c1ccc(N(c2ccc3ncsc3c2)C2CCCC2)cc1. The minimum absolute atomic E-state index is 0.0482. The molecule has 4 aromatic rings. The van der Waals surface area contributed by atoms with Crippen molar-refractivity contribution in [2.45, 2.75) is 76.4 Å². The van der Waals surface area contributed by atoms with Gasteiger partial charge in [-0.1, -0.05) is 43.5 Å². The third-order valence-corrected chi connectivity index (χ3v) is 10.8. The molecule has 6 nitrogen and oxygen atoms in total. The first kappa shape index (κ1) is 28.0. The maximum atomic E-state index is 15.2. The molecular weight excluding hydrogens is 559 g/mol. The van der Waals surface area contributed by atoms with Crippen molar-refractivity contribution in [2.24, 2.45) is 17.6 Å². The van der Waals surface area contributed by atoms with Crippen LogP contribution in [0, 0.1) is 24.6 Å². The summed E-state index contributed by atoms with van der Waals surface area (Å²) in [6.45, 7) is 1.77. The fraction of sp³-hybridized carbons (Fsp3) is 0.400. The van der Waals surface area contributed by atoms with Gasteiger partial charge in [-0.15, -0.1) is 11.3 Å². The molecule has 222 valence electrons. The molecule has 3 fully saturated rings. The quantitative estimate of drug-likeness (QED) is 0.248. The van der Waals surface area contributed by atoms with E-state index in [0.717, 1.165) is 59.3 Å². The van der Waals surface area contributed by atoms with Crippen LogP contribution in [-0.2, 0) is 4.79 Å². The van der Waals surface area contributed by atoms with Crippen molar-refractivity contribution < 1.29 is 14.0 Å². The van der Waals surface area contributed by atoms with E-state index in [9.17, 15) is 9.59 Å². The van der Waals surface area contributed by atoms with Crippen molar-refractivity contribution in [3.8, 4) is 0 Å². The highest BCUT2D eigenvalue weighted by Gasteiger charge is 2.49. The standard InChI is InChI=1S/C35H37FN4O2S/c1-21-6-4-10-28(36)32(21)35(42)40-30-11-5-7-23(30)18-27(34(37)41)33(40)22-12-14-25(15-13-22)39(24-8-2-3-9-24)26-16-17-29-31(19-26)43-20-38-29/h4,6,10,12-17,19-20,23-24,27,30,33H,2-3,5,7-9,11,18H2,1H3,(H2,37,41). The van der Waals surface area contributed by atoms with Gasteiger partial charge in [0.1, 0.15) is 5.82 Å². The number of anilines is 2. The Morgan fingerprint density at radius 3 is 2.49 bits per heavy atom. The van der Waals surface area contributed by atoms with Crippen LogP contribution in [0.5, 0.6) is 0 Å². The van der Waals surface area contributed by atoms with Crippen LogP contribution in [0.4, 0.5) is 15.8 Å². The molecule has 2 aliphatic carbocycles. The van der Waals surface area contributed by atoms with Crippen molar-refractivity contribution in [1.29, 1.82) is 0 Å². The summed E-state index contributed by atoms with van der Waals surface area (Å²) in [5.74, 6) is -1.64. The second kappa shape index (κ2) is 11.4. The monoisotopic (exact) mass is 596 g/mol.